The van der Waals surface area contributed by atoms with Gasteiger partial charge in [0.2, 0.25) is 0 Å². The molecule has 2 rings (SSSR count). The van der Waals surface area contributed by atoms with E-state index in [0.717, 1.165) is 12.0 Å². The molecule has 1 saturated heterocycles. The number of cyclic esters (lactones) is 1. The van der Waals surface area contributed by atoms with Gasteiger partial charge < -0.3 is 10.1 Å². The lowest BCUT2D eigenvalue weighted by atomic mass is 10.0. The molecule has 3 heteroatoms. The van der Waals surface area contributed by atoms with E-state index in [1.165, 1.54) is 0 Å². The number of amides is 1. The summed E-state index contributed by atoms with van der Waals surface area (Å²) >= 11 is 0. The highest BCUT2D eigenvalue weighted by Crippen LogP contribution is 2.26. The molecule has 0 radical (unpaired) electrons. The second-order valence-corrected chi connectivity index (χ2v) is 3.38. The van der Waals surface area contributed by atoms with Crippen LogP contribution in [0, 0.1) is 0 Å². The van der Waals surface area contributed by atoms with Crippen molar-refractivity contribution in [2.75, 3.05) is 0 Å². The highest BCUT2D eigenvalue weighted by atomic mass is 16.6. The fraction of sp³-hybridized carbons (Fsp3) is 0.364. The molecule has 0 bridgehead atoms. The van der Waals surface area contributed by atoms with Crippen molar-refractivity contribution in [1.29, 1.82) is 0 Å². The Balaban J connectivity index is 2.22. The van der Waals surface area contributed by atoms with Crippen molar-refractivity contribution in [2.45, 2.75) is 25.5 Å². The molecular formula is C11H13NO2. The molecule has 1 aromatic carbocycles. The molecular weight excluding hydrogens is 178 g/mol. The van der Waals surface area contributed by atoms with Crippen LogP contribution >= 0.6 is 0 Å². The van der Waals surface area contributed by atoms with Crippen LogP contribution in [0.4, 0.5) is 4.79 Å². The van der Waals surface area contributed by atoms with Crippen LogP contribution in [0.1, 0.15) is 24.9 Å². The van der Waals surface area contributed by atoms with Gasteiger partial charge in [0.15, 0.2) is 0 Å². The van der Waals surface area contributed by atoms with E-state index in [4.69, 9.17) is 4.74 Å². The smallest absolute Gasteiger partial charge is 0.408 e. The molecule has 1 aliphatic heterocycles. The highest BCUT2D eigenvalue weighted by molar-refractivity contribution is 5.70. The summed E-state index contributed by atoms with van der Waals surface area (Å²) in [4.78, 5) is 11.1. The topological polar surface area (TPSA) is 38.3 Å². The molecule has 1 heterocycles. The number of rotatable bonds is 2. The third-order valence-corrected chi connectivity index (χ3v) is 2.46. The fourth-order valence-electron chi connectivity index (χ4n) is 1.74. The summed E-state index contributed by atoms with van der Waals surface area (Å²) in [5.41, 5.74) is 1.10. The van der Waals surface area contributed by atoms with E-state index in [1.54, 1.807) is 0 Å². The van der Waals surface area contributed by atoms with Gasteiger partial charge in [0.05, 0.1) is 6.04 Å². The van der Waals surface area contributed by atoms with Crippen LogP contribution in [0.25, 0.3) is 0 Å². The number of alkyl carbamates (subject to hydrolysis) is 1. The van der Waals surface area contributed by atoms with Crippen molar-refractivity contribution in [3.05, 3.63) is 35.9 Å². The monoisotopic (exact) mass is 191 g/mol. The Hall–Kier alpha value is -1.51. The van der Waals surface area contributed by atoms with Gasteiger partial charge >= 0.3 is 6.09 Å². The SMILES string of the molecule is CCC1OC(=O)NC1c1ccccc1. The first kappa shape index (κ1) is 9.06. The predicted octanol–water partition coefficient (Wildman–Crippen LogP) is 2.25. The van der Waals surface area contributed by atoms with E-state index in [2.05, 4.69) is 5.32 Å². The van der Waals surface area contributed by atoms with Gasteiger partial charge in [-0.25, -0.2) is 4.79 Å². The summed E-state index contributed by atoms with van der Waals surface area (Å²) in [5, 5.41) is 2.81. The van der Waals surface area contributed by atoms with Crippen LogP contribution in [-0.2, 0) is 4.74 Å². The number of benzene rings is 1. The second kappa shape index (κ2) is 3.70. The van der Waals surface area contributed by atoms with Gasteiger partial charge in [0.25, 0.3) is 0 Å². The largest absolute Gasteiger partial charge is 0.444 e. The lowest BCUT2D eigenvalue weighted by Gasteiger charge is -2.14. The van der Waals surface area contributed by atoms with Crippen molar-refractivity contribution in [2.24, 2.45) is 0 Å². The molecule has 74 valence electrons. The number of carbonyl (C=O) groups excluding carboxylic acids is 1. The van der Waals surface area contributed by atoms with Crippen LogP contribution in [0.5, 0.6) is 0 Å². The number of nitrogens with one attached hydrogen (secondary N) is 1. The van der Waals surface area contributed by atoms with Gasteiger partial charge in [-0.3, -0.25) is 0 Å². The summed E-state index contributed by atoms with van der Waals surface area (Å²) in [6, 6.07) is 9.90. The maximum absolute atomic E-state index is 11.1. The Bertz CT molecular complexity index is 323. The molecule has 0 saturated carbocycles. The normalized spacial score (nSPS) is 25.6. The van der Waals surface area contributed by atoms with Gasteiger partial charge in [-0.15, -0.1) is 0 Å². The first-order chi connectivity index (χ1) is 6.81. The highest BCUT2D eigenvalue weighted by Gasteiger charge is 2.33. The van der Waals surface area contributed by atoms with E-state index in [9.17, 15) is 4.79 Å². The molecule has 1 amide bonds. The van der Waals surface area contributed by atoms with E-state index < -0.39 is 0 Å². The lowest BCUT2D eigenvalue weighted by molar-refractivity contribution is 0.129. The molecule has 3 nitrogen and oxygen atoms in total. The molecule has 2 unspecified atom stereocenters. The van der Waals surface area contributed by atoms with Crippen LogP contribution in [0.2, 0.25) is 0 Å². The van der Waals surface area contributed by atoms with Crippen LogP contribution in [-0.4, -0.2) is 12.2 Å². The average Bonchev–Trinajstić information content (AvgIpc) is 2.61. The molecule has 0 aliphatic carbocycles. The minimum atomic E-state index is -0.314. The minimum Gasteiger partial charge on any atom is -0.444 e. The summed E-state index contributed by atoms with van der Waals surface area (Å²) in [6.45, 7) is 2.01. The summed E-state index contributed by atoms with van der Waals surface area (Å²) in [5.74, 6) is 0. The second-order valence-electron chi connectivity index (χ2n) is 3.38. The lowest BCUT2D eigenvalue weighted by Crippen LogP contribution is -2.22. The van der Waals surface area contributed by atoms with Gasteiger partial charge in [0.1, 0.15) is 6.10 Å². The Labute approximate surface area is 83.1 Å². The van der Waals surface area contributed by atoms with Gasteiger partial charge in [0, 0.05) is 0 Å². The quantitative estimate of drug-likeness (QED) is 0.778. The maximum atomic E-state index is 11.1. The molecule has 0 spiro atoms. The Morgan fingerprint density at radius 3 is 2.71 bits per heavy atom. The minimum absolute atomic E-state index is 0.00806. The molecule has 1 aromatic rings. The molecule has 1 aliphatic rings. The van der Waals surface area contributed by atoms with Crippen molar-refractivity contribution >= 4 is 6.09 Å². The third-order valence-electron chi connectivity index (χ3n) is 2.46. The maximum Gasteiger partial charge on any atom is 0.408 e. The third kappa shape index (κ3) is 1.58. The zero-order chi connectivity index (χ0) is 9.97. The average molecular weight is 191 g/mol. The number of ether oxygens (including phenoxy) is 1. The van der Waals surface area contributed by atoms with E-state index in [1.807, 2.05) is 37.3 Å². The van der Waals surface area contributed by atoms with E-state index >= 15 is 0 Å². The number of carbonyl (C=O) groups is 1. The fourth-order valence-corrected chi connectivity index (χ4v) is 1.74. The first-order valence-electron chi connectivity index (χ1n) is 4.83. The zero-order valence-corrected chi connectivity index (χ0v) is 8.07. The van der Waals surface area contributed by atoms with Crippen molar-refractivity contribution in [1.82, 2.24) is 5.32 Å². The van der Waals surface area contributed by atoms with Crippen molar-refractivity contribution in [3.63, 3.8) is 0 Å². The standard InChI is InChI=1S/C11H13NO2/c1-2-9-10(12-11(13)14-9)8-6-4-3-5-7-8/h3-7,9-10H,2H2,1H3,(H,12,13). The zero-order valence-electron chi connectivity index (χ0n) is 8.07. The molecule has 1 N–H and O–H groups in total. The van der Waals surface area contributed by atoms with Crippen molar-refractivity contribution in [3.8, 4) is 0 Å². The summed E-state index contributed by atoms with van der Waals surface area (Å²) in [7, 11) is 0. The Morgan fingerprint density at radius 2 is 2.07 bits per heavy atom. The molecule has 2 atom stereocenters. The molecule has 14 heavy (non-hydrogen) atoms. The number of hydrogen-bond donors (Lipinski definition) is 1. The van der Waals surface area contributed by atoms with E-state index in [-0.39, 0.29) is 18.2 Å². The van der Waals surface area contributed by atoms with Gasteiger partial charge in [-0.05, 0) is 12.0 Å². The predicted molar refractivity (Wildman–Crippen MR) is 52.9 cm³/mol. The summed E-state index contributed by atoms with van der Waals surface area (Å²) < 4.78 is 5.13. The Morgan fingerprint density at radius 1 is 1.36 bits per heavy atom. The first-order valence-corrected chi connectivity index (χ1v) is 4.83. The van der Waals surface area contributed by atoms with Crippen LogP contribution < -0.4 is 5.32 Å². The van der Waals surface area contributed by atoms with Crippen LogP contribution in [0.3, 0.4) is 0 Å². The van der Waals surface area contributed by atoms with E-state index in [0.29, 0.717) is 0 Å². The van der Waals surface area contributed by atoms with Gasteiger partial charge in [-0.1, -0.05) is 37.3 Å². The molecule has 0 aromatic heterocycles. The number of hydrogen-bond acceptors (Lipinski definition) is 2. The van der Waals surface area contributed by atoms with Crippen LogP contribution in [0.15, 0.2) is 30.3 Å². The summed E-state index contributed by atoms with van der Waals surface area (Å²) in [6.07, 6.45) is 0.480. The molecule has 1 fully saturated rings. The van der Waals surface area contributed by atoms with Gasteiger partial charge in [-0.2, -0.15) is 0 Å². The Kier molecular flexibility index (Phi) is 2.39. The van der Waals surface area contributed by atoms with Crippen molar-refractivity contribution < 1.29 is 9.53 Å².